The number of carbonyl (C=O) groups is 1. The summed E-state index contributed by atoms with van der Waals surface area (Å²) in [5, 5.41) is 6.73. The summed E-state index contributed by atoms with van der Waals surface area (Å²) >= 11 is 0. The highest BCUT2D eigenvalue weighted by Crippen LogP contribution is 2.30. The van der Waals surface area contributed by atoms with Crippen LogP contribution in [-0.2, 0) is 6.54 Å². The van der Waals surface area contributed by atoms with Gasteiger partial charge >= 0.3 is 6.03 Å². The number of hydrogen-bond acceptors (Lipinski definition) is 4. The molecule has 2 rings (SSSR count). The van der Waals surface area contributed by atoms with Crippen LogP contribution in [0.1, 0.15) is 12.6 Å². The van der Waals surface area contributed by atoms with Crippen molar-refractivity contribution in [3.63, 3.8) is 0 Å². The molecule has 1 heterocycles. The maximum absolute atomic E-state index is 11.7. The second-order valence-corrected chi connectivity index (χ2v) is 4.57. The molecule has 0 radical (unpaired) electrons. The van der Waals surface area contributed by atoms with Gasteiger partial charge in [-0.25, -0.2) is 4.79 Å². The van der Waals surface area contributed by atoms with E-state index in [2.05, 4.69) is 10.5 Å². The van der Waals surface area contributed by atoms with E-state index in [-0.39, 0.29) is 6.03 Å². The number of nitrogens with zero attached hydrogens (tertiary/aromatic N) is 2. The number of aromatic nitrogens is 1. The Morgan fingerprint density at radius 1 is 1.43 bits per heavy atom. The lowest BCUT2D eigenvalue weighted by molar-refractivity contribution is 0.206. The SMILES string of the molecule is CCNC(=O)N(C)Cc1cc(-c2ccccc2OC)on1. The van der Waals surface area contributed by atoms with Crippen LogP contribution in [0.2, 0.25) is 0 Å². The number of benzene rings is 1. The molecular weight excluding hydrogens is 270 g/mol. The van der Waals surface area contributed by atoms with Gasteiger partial charge in [-0.15, -0.1) is 0 Å². The zero-order valence-electron chi connectivity index (χ0n) is 12.4. The van der Waals surface area contributed by atoms with Gasteiger partial charge in [-0.3, -0.25) is 0 Å². The van der Waals surface area contributed by atoms with E-state index in [1.807, 2.05) is 37.3 Å². The van der Waals surface area contributed by atoms with Crippen molar-refractivity contribution in [3.05, 3.63) is 36.0 Å². The maximum atomic E-state index is 11.7. The van der Waals surface area contributed by atoms with E-state index in [9.17, 15) is 4.79 Å². The minimum absolute atomic E-state index is 0.139. The average molecular weight is 289 g/mol. The summed E-state index contributed by atoms with van der Waals surface area (Å²) in [5.74, 6) is 1.34. The first kappa shape index (κ1) is 14.9. The summed E-state index contributed by atoms with van der Waals surface area (Å²) in [6, 6.07) is 9.23. The lowest BCUT2D eigenvalue weighted by Gasteiger charge is -2.15. The van der Waals surface area contributed by atoms with Crippen LogP contribution in [0.3, 0.4) is 0 Å². The molecule has 6 nitrogen and oxygen atoms in total. The second kappa shape index (κ2) is 6.78. The minimum Gasteiger partial charge on any atom is -0.496 e. The zero-order valence-corrected chi connectivity index (χ0v) is 12.4. The summed E-state index contributed by atoms with van der Waals surface area (Å²) in [4.78, 5) is 13.2. The molecule has 21 heavy (non-hydrogen) atoms. The Labute approximate surface area is 123 Å². The molecule has 0 unspecified atom stereocenters. The van der Waals surface area contributed by atoms with E-state index in [0.717, 1.165) is 11.3 Å². The lowest BCUT2D eigenvalue weighted by atomic mass is 10.1. The monoisotopic (exact) mass is 289 g/mol. The largest absolute Gasteiger partial charge is 0.496 e. The van der Waals surface area contributed by atoms with E-state index in [1.165, 1.54) is 0 Å². The van der Waals surface area contributed by atoms with Crippen molar-refractivity contribution < 1.29 is 14.1 Å². The molecule has 0 aliphatic rings. The standard InChI is InChI=1S/C15H19N3O3/c1-4-16-15(19)18(2)10-11-9-14(21-17-11)12-7-5-6-8-13(12)20-3/h5-9H,4,10H2,1-3H3,(H,16,19). The predicted molar refractivity (Wildman–Crippen MR) is 79.0 cm³/mol. The summed E-state index contributed by atoms with van der Waals surface area (Å²) in [5.41, 5.74) is 1.52. The van der Waals surface area contributed by atoms with Gasteiger partial charge in [-0.1, -0.05) is 17.3 Å². The number of hydrogen-bond donors (Lipinski definition) is 1. The van der Waals surface area contributed by atoms with Crippen LogP contribution in [0.15, 0.2) is 34.9 Å². The highest BCUT2D eigenvalue weighted by atomic mass is 16.5. The summed E-state index contributed by atoms with van der Waals surface area (Å²) in [6.45, 7) is 2.85. The molecule has 0 spiro atoms. The quantitative estimate of drug-likeness (QED) is 0.918. The molecule has 1 N–H and O–H groups in total. The van der Waals surface area contributed by atoms with Gasteiger partial charge in [0.2, 0.25) is 0 Å². The number of amides is 2. The molecule has 112 valence electrons. The van der Waals surface area contributed by atoms with Crippen LogP contribution < -0.4 is 10.1 Å². The normalized spacial score (nSPS) is 10.2. The zero-order chi connectivity index (χ0) is 15.2. The fourth-order valence-corrected chi connectivity index (χ4v) is 1.96. The molecule has 1 aromatic heterocycles. The smallest absolute Gasteiger partial charge is 0.317 e. The maximum Gasteiger partial charge on any atom is 0.317 e. The Bertz CT molecular complexity index is 610. The van der Waals surface area contributed by atoms with Gasteiger partial charge in [0.05, 0.1) is 19.2 Å². The Hall–Kier alpha value is -2.50. The summed E-state index contributed by atoms with van der Waals surface area (Å²) < 4.78 is 10.6. The number of nitrogens with one attached hydrogen (secondary N) is 1. The third kappa shape index (κ3) is 3.53. The van der Waals surface area contributed by atoms with Gasteiger partial charge in [0.1, 0.15) is 11.4 Å². The number of methoxy groups -OCH3 is 1. The number of rotatable bonds is 5. The molecular formula is C15H19N3O3. The first-order valence-corrected chi connectivity index (χ1v) is 6.73. The van der Waals surface area contributed by atoms with Gasteiger partial charge in [0.25, 0.3) is 0 Å². The van der Waals surface area contributed by atoms with Crippen molar-refractivity contribution in [1.29, 1.82) is 0 Å². The first-order chi connectivity index (χ1) is 10.2. The van der Waals surface area contributed by atoms with Crippen molar-refractivity contribution in [3.8, 4) is 17.1 Å². The van der Waals surface area contributed by atoms with Gasteiger partial charge in [-0.05, 0) is 19.1 Å². The Morgan fingerprint density at radius 2 is 2.19 bits per heavy atom. The molecule has 0 bridgehead atoms. The fraction of sp³-hybridized carbons (Fsp3) is 0.333. The molecule has 1 aromatic carbocycles. The van der Waals surface area contributed by atoms with Crippen LogP contribution in [0.5, 0.6) is 5.75 Å². The van der Waals surface area contributed by atoms with E-state index >= 15 is 0 Å². The fourth-order valence-electron chi connectivity index (χ4n) is 1.96. The van der Waals surface area contributed by atoms with Gasteiger partial charge in [0, 0.05) is 19.7 Å². The lowest BCUT2D eigenvalue weighted by Crippen LogP contribution is -2.36. The first-order valence-electron chi connectivity index (χ1n) is 6.73. The van der Waals surface area contributed by atoms with Crippen molar-refractivity contribution in [2.75, 3.05) is 20.7 Å². The number of ether oxygens (including phenoxy) is 1. The second-order valence-electron chi connectivity index (χ2n) is 4.57. The summed E-state index contributed by atoms with van der Waals surface area (Å²) in [6.07, 6.45) is 0. The minimum atomic E-state index is -0.139. The number of para-hydroxylation sites is 1. The number of carbonyl (C=O) groups excluding carboxylic acids is 1. The average Bonchev–Trinajstić information content (AvgIpc) is 2.95. The van der Waals surface area contributed by atoms with Crippen molar-refractivity contribution in [2.24, 2.45) is 0 Å². The van der Waals surface area contributed by atoms with Crippen LogP contribution >= 0.6 is 0 Å². The van der Waals surface area contributed by atoms with Crippen LogP contribution in [0.4, 0.5) is 4.79 Å². The molecule has 2 amide bonds. The molecule has 2 aromatic rings. The van der Waals surface area contributed by atoms with E-state index in [1.54, 1.807) is 19.1 Å². The molecule has 0 fully saturated rings. The van der Waals surface area contributed by atoms with Crippen LogP contribution in [0.25, 0.3) is 11.3 Å². The number of urea groups is 1. The van der Waals surface area contributed by atoms with Gasteiger partial charge < -0.3 is 19.5 Å². The van der Waals surface area contributed by atoms with Crippen LogP contribution in [0, 0.1) is 0 Å². The highest BCUT2D eigenvalue weighted by Gasteiger charge is 2.14. The Morgan fingerprint density at radius 3 is 2.90 bits per heavy atom. The van der Waals surface area contributed by atoms with E-state index in [0.29, 0.717) is 24.5 Å². The molecule has 0 aliphatic heterocycles. The van der Waals surface area contributed by atoms with Crippen LogP contribution in [-0.4, -0.2) is 36.8 Å². The Balaban J connectivity index is 2.13. The van der Waals surface area contributed by atoms with Crippen molar-refractivity contribution >= 4 is 6.03 Å². The molecule has 6 heteroatoms. The van der Waals surface area contributed by atoms with Crippen molar-refractivity contribution in [2.45, 2.75) is 13.5 Å². The Kier molecular flexibility index (Phi) is 4.81. The van der Waals surface area contributed by atoms with E-state index < -0.39 is 0 Å². The predicted octanol–water partition coefficient (Wildman–Crippen LogP) is 2.51. The van der Waals surface area contributed by atoms with E-state index in [4.69, 9.17) is 9.26 Å². The molecule has 0 atom stereocenters. The highest BCUT2D eigenvalue weighted by molar-refractivity contribution is 5.73. The topological polar surface area (TPSA) is 67.6 Å². The third-order valence-corrected chi connectivity index (χ3v) is 3.01. The summed E-state index contributed by atoms with van der Waals surface area (Å²) in [7, 11) is 3.32. The third-order valence-electron chi connectivity index (χ3n) is 3.01. The molecule has 0 aliphatic carbocycles. The van der Waals surface area contributed by atoms with Crippen molar-refractivity contribution in [1.82, 2.24) is 15.4 Å². The van der Waals surface area contributed by atoms with Gasteiger partial charge in [-0.2, -0.15) is 0 Å². The molecule has 0 saturated heterocycles. The molecule has 0 saturated carbocycles. The van der Waals surface area contributed by atoms with Gasteiger partial charge in [0.15, 0.2) is 5.76 Å².